The van der Waals surface area contributed by atoms with E-state index >= 15 is 0 Å². The van der Waals surface area contributed by atoms with E-state index < -0.39 is 0 Å². The molecule has 1 saturated heterocycles. The lowest BCUT2D eigenvalue weighted by Crippen LogP contribution is -2.49. The number of nitrogens with zero attached hydrogens (tertiary/aromatic N) is 5. The van der Waals surface area contributed by atoms with Crippen molar-refractivity contribution in [2.75, 3.05) is 37.7 Å². The number of ether oxygens (including phenoxy) is 1. The molecule has 1 aliphatic rings. The molecule has 7 heteroatoms. The summed E-state index contributed by atoms with van der Waals surface area (Å²) in [5.41, 5.74) is 6.10. The van der Waals surface area contributed by atoms with Crippen LogP contribution in [0.25, 0.3) is 5.65 Å². The van der Waals surface area contributed by atoms with Gasteiger partial charge in [-0.15, -0.1) is 0 Å². The Bertz CT molecular complexity index is 1080. The summed E-state index contributed by atoms with van der Waals surface area (Å²) in [7, 11) is 0. The monoisotopic (exact) mass is 421 g/mol. The average molecular weight is 422 g/mol. The average Bonchev–Trinajstić information content (AvgIpc) is 3.14. The van der Waals surface area contributed by atoms with Crippen molar-refractivity contribution < 1.29 is 9.53 Å². The minimum atomic E-state index is 0.202. The van der Waals surface area contributed by atoms with Crippen LogP contribution in [0.2, 0.25) is 0 Å². The number of benzene rings is 1. The number of hydrogen-bond acceptors (Lipinski definition) is 5. The standard InChI is InChI=1S/C24H31N5O2/c1-5-31-22-9-7-6-8-21(22)27-12-14-28(15-13-27)24(30)11-10-20-18(3)25-23-16-17(2)26-29(23)19(20)4/h6-9,16H,5,10-15H2,1-4H3. The number of carbonyl (C=O) groups excluding carboxylic acids is 1. The maximum Gasteiger partial charge on any atom is 0.223 e. The zero-order valence-electron chi connectivity index (χ0n) is 18.9. The third-order valence-electron chi connectivity index (χ3n) is 6.01. The molecule has 0 aliphatic carbocycles. The van der Waals surface area contributed by atoms with Crippen LogP contribution in [0.15, 0.2) is 30.3 Å². The molecule has 1 amide bonds. The maximum atomic E-state index is 12.9. The minimum Gasteiger partial charge on any atom is -0.492 e. The molecule has 3 aromatic rings. The molecule has 2 aromatic heterocycles. The highest BCUT2D eigenvalue weighted by molar-refractivity contribution is 5.77. The highest BCUT2D eigenvalue weighted by Gasteiger charge is 2.23. The minimum absolute atomic E-state index is 0.202. The van der Waals surface area contributed by atoms with Gasteiger partial charge in [-0.1, -0.05) is 12.1 Å². The Morgan fingerprint density at radius 1 is 1.10 bits per heavy atom. The van der Waals surface area contributed by atoms with E-state index in [1.807, 2.05) is 54.5 Å². The van der Waals surface area contributed by atoms with Crippen LogP contribution >= 0.6 is 0 Å². The SMILES string of the molecule is CCOc1ccccc1N1CCN(C(=O)CCc2c(C)nc3cc(C)nn3c2C)CC1. The summed E-state index contributed by atoms with van der Waals surface area (Å²) in [5.74, 6) is 1.11. The topological polar surface area (TPSA) is 63.0 Å². The van der Waals surface area contributed by atoms with Crippen LogP contribution in [0.3, 0.4) is 0 Å². The van der Waals surface area contributed by atoms with Crippen molar-refractivity contribution in [1.29, 1.82) is 0 Å². The molecule has 0 saturated carbocycles. The number of hydrogen-bond donors (Lipinski definition) is 0. The van der Waals surface area contributed by atoms with Crippen LogP contribution in [-0.4, -0.2) is 58.2 Å². The molecule has 0 N–H and O–H groups in total. The number of anilines is 1. The van der Waals surface area contributed by atoms with E-state index in [9.17, 15) is 4.79 Å². The molecule has 0 atom stereocenters. The van der Waals surface area contributed by atoms with Crippen LogP contribution in [0, 0.1) is 20.8 Å². The molecular weight excluding hydrogens is 390 g/mol. The van der Waals surface area contributed by atoms with Crippen LogP contribution < -0.4 is 9.64 Å². The lowest BCUT2D eigenvalue weighted by molar-refractivity contribution is -0.131. The van der Waals surface area contributed by atoms with E-state index in [0.717, 1.165) is 65.9 Å². The van der Waals surface area contributed by atoms with Gasteiger partial charge in [0.15, 0.2) is 5.65 Å². The molecule has 0 unspecified atom stereocenters. The second-order valence-corrected chi connectivity index (χ2v) is 8.09. The lowest BCUT2D eigenvalue weighted by Gasteiger charge is -2.36. The van der Waals surface area contributed by atoms with Gasteiger partial charge in [-0.05, 0) is 51.8 Å². The fourth-order valence-corrected chi connectivity index (χ4v) is 4.39. The van der Waals surface area contributed by atoms with E-state index in [2.05, 4.69) is 28.0 Å². The van der Waals surface area contributed by atoms with Gasteiger partial charge in [0.2, 0.25) is 5.91 Å². The first kappa shape index (κ1) is 21.2. The van der Waals surface area contributed by atoms with E-state index in [-0.39, 0.29) is 5.91 Å². The Balaban J connectivity index is 1.38. The van der Waals surface area contributed by atoms with Gasteiger partial charge >= 0.3 is 0 Å². The smallest absolute Gasteiger partial charge is 0.223 e. The number of rotatable bonds is 6. The summed E-state index contributed by atoms with van der Waals surface area (Å²) in [5, 5.41) is 4.53. The highest BCUT2D eigenvalue weighted by atomic mass is 16.5. The van der Waals surface area contributed by atoms with Crippen molar-refractivity contribution in [3.8, 4) is 5.75 Å². The molecule has 1 fully saturated rings. The normalized spacial score (nSPS) is 14.3. The van der Waals surface area contributed by atoms with Crippen LogP contribution in [0.1, 0.15) is 36.0 Å². The number of para-hydroxylation sites is 2. The molecule has 1 aliphatic heterocycles. The molecule has 0 spiro atoms. The van der Waals surface area contributed by atoms with Crippen molar-refractivity contribution in [3.05, 3.63) is 53.0 Å². The third kappa shape index (κ3) is 4.36. The number of amides is 1. The number of aryl methyl sites for hydroxylation is 3. The summed E-state index contributed by atoms with van der Waals surface area (Å²) in [6.07, 6.45) is 1.18. The second kappa shape index (κ2) is 8.96. The Kier molecular flexibility index (Phi) is 6.11. The molecule has 31 heavy (non-hydrogen) atoms. The number of piperazine rings is 1. The van der Waals surface area contributed by atoms with Crippen molar-refractivity contribution in [3.63, 3.8) is 0 Å². The molecule has 0 bridgehead atoms. The van der Waals surface area contributed by atoms with Gasteiger partial charge < -0.3 is 14.5 Å². The van der Waals surface area contributed by atoms with E-state index in [1.54, 1.807) is 0 Å². The van der Waals surface area contributed by atoms with Gasteiger partial charge in [-0.2, -0.15) is 5.10 Å². The van der Waals surface area contributed by atoms with Gasteiger partial charge in [0.25, 0.3) is 0 Å². The molecule has 1 aromatic carbocycles. The maximum absolute atomic E-state index is 12.9. The quantitative estimate of drug-likeness (QED) is 0.611. The Morgan fingerprint density at radius 2 is 1.84 bits per heavy atom. The second-order valence-electron chi connectivity index (χ2n) is 8.09. The van der Waals surface area contributed by atoms with Gasteiger partial charge in [0.1, 0.15) is 5.75 Å². The summed E-state index contributed by atoms with van der Waals surface area (Å²) in [6.45, 7) is 11.8. The zero-order valence-corrected chi connectivity index (χ0v) is 18.9. The van der Waals surface area contributed by atoms with Crippen molar-refractivity contribution in [2.24, 2.45) is 0 Å². The Hall–Kier alpha value is -3.09. The van der Waals surface area contributed by atoms with Crippen molar-refractivity contribution >= 4 is 17.2 Å². The fourth-order valence-electron chi connectivity index (χ4n) is 4.39. The first-order valence-electron chi connectivity index (χ1n) is 11.0. The van der Waals surface area contributed by atoms with Crippen LogP contribution in [0.5, 0.6) is 5.75 Å². The molecule has 7 nitrogen and oxygen atoms in total. The first-order valence-corrected chi connectivity index (χ1v) is 11.0. The molecule has 4 rings (SSSR count). The predicted octanol–water partition coefficient (Wildman–Crippen LogP) is 3.33. The molecular formula is C24H31N5O2. The van der Waals surface area contributed by atoms with Crippen molar-refractivity contribution in [2.45, 2.75) is 40.5 Å². The van der Waals surface area contributed by atoms with E-state index in [0.29, 0.717) is 19.4 Å². The summed E-state index contributed by atoms with van der Waals surface area (Å²) in [4.78, 5) is 21.9. The molecule has 0 radical (unpaired) electrons. The van der Waals surface area contributed by atoms with Gasteiger partial charge in [-0.3, -0.25) is 4.79 Å². The highest BCUT2D eigenvalue weighted by Crippen LogP contribution is 2.29. The Morgan fingerprint density at radius 3 is 2.58 bits per heavy atom. The van der Waals surface area contributed by atoms with E-state index in [1.165, 1.54) is 0 Å². The Labute approximate surface area is 183 Å². The molecule has 164 valence electrons. The fraction of sp³-hybridized carbons (Fsp3) is 0.458. The van der Waals surface area contributed by atoms with Gasteiger partial charge in [0.05, 0.1) is 18.0 Å². The summed E-state index contributed by atoms with van der Waals surface area (Å²) in [6, 6.07) is 10.1. The van der Waals surface area contributed by atoms with Crippen LogP contribution in [-0.2, 0) is 11.2 Å². The zero-order chi connectivity index (χ0) is 22.0. The molecule has 3 heterocycles. The predicted molar refractivity (Wildman–Crippen MR) is 122 cm³/mol. The lowest BCUT2D eigenvalue weighted by atomic mass is 10.1. The van der Waals surface area contributed by atoms with E-state index in [4.69, 9.17) is 4.74 Å². The van der Waals surface area contributed by atoms with Gasteiger partial charge in [0, 0.05) is 50.1 Å². The summed E-state index contributed by atoms with van der Waals surface area (Å²) < 4.78 is 7.66. The first-order chi connectivity index (χ1) is 15.0. The van der Waals surface area contributed by atoms with Gasteiger partial charge in [-0.25, -0.2) is 9.50 Å². The van der Waals surface area contributed by atoms with Crippen LogP contribution in [0.4, 0.5) is 5.69 Å². The number of aromatic nitrogens is 3. The number of fused-ring (bicyclic) bond motifs is 1. The van der Waals surface area contributed by atoms with Crippen molar-refractivity contribution in [1.82, 2.24) is 19.5 Å². The largest absolute Gasteiger partial charge is 0.492 e. The third-order valence-corrected chi connectivity index (χ3v) is 6.01. The summed E-state index contributed by atoms with van der Waals surface area (Å²) >= 11 is 0. The number of carbonyl (C=O) groups is 1.